The third-order valence-electron chi connectivity index (χ3n) is 5.80. The number of rotatable bonds is 4. The standard InChI is InChI=1S/C15H28N2O3/c1-13(2)11(10-14(13,3)19-4)17-12(18)15(20-5)6-8-16-9-7-15/h11,16H,6-10H2,1-5H3,(H,17,18). The maximum atomic E-state index is 12.6. The highest BCUT2D eigenvalue weighted by molar-refractivity contribution is 5.86. The second kappa shape index (κ2) is 5.28. The summed E-state index contributed by atoms with van der Waals surface area (Å²) in [4.78, 5) is 12.6. The van der Waals surface area contributed by atoms with E-state index >= 15 is 0 Å². The molecule has 0 aromatic heterocycles. The van der Waals surface area contributed by atoms with Crippen molar-refractivity contribution in [2.75, 3.05) is 27.3 Å². The summed E-state index contributed by atoms with van der Waals surface area (Å²) in [6, 6.07) is 0.141. The highest BCUT2D eigenvalue weighted by atomic mass is 16.5. The lowest BCUT2D eigenvalue weighted by Crippen LogP contribution is -2.70. The Morgan fingerprint density at radius 1 is 1.15 bits per heavy atom. The number of nitrogens with one attached hydrogen (secondary N) is 2. The highest BCUT2D eigenvalue weighted by Gasteiger charge is 2.59. The molecule has 2 N–H and O–H groups in total. The summed E-state index contributed by atoms with van der Waals surface area (Å²) in [6.45, 7) is 8.04. The van der Waals surface area contributed by atoms with Gasteiger partial charge in [-0.15, -0.1) is 0 Å². The fourth-order valence-electron chi connectivity index (χ4n) is 3.37. The van der Waals surface area contributed by atoms with Crippen molar-refractivity contribution in [3.8, 4) is 0 Å². The Bertz CT molecular complexity index is 377. The number of methoxy groups -OCH3 is 2. The van der Waals surface area contributed by atoms with E-state index in [0.29, 0.717) is 0 Å². The molecule has 0 aromatic rings. The molecular weight excluding hydrogens is 256 g/mol. The zero-order valence-corrected chi connectivity index (χ0v) is 13.3. The molecule has 0 aromatic carbocycles. The van der Waals surface area contributed by atoms with E-state index in [4.69, 9.17) is 9.47 Å². The SMILES string of the molecule is COC1(C(=O)NC2CC(C)(OC)C2(C)C)CCNCC1. The Labute approximate surface area is 121 Å². The Hall–Kier alpha value is -0.650. The zero-order chi connectivity index (χ0) is 15.0. The molecule has 20 heavy (non-hydrogen) atoms. The third kappa shape index (κ3) is 2.26. The van der Waals surface area contributed by atoms with Gasteiger partial charge in [0, 0.05) is 25.7 Å². The molecular formula is C15H28N2O3. The molecule has 1 aliphatic carbocycles. The molecule has 0 bridgehead atoms. The van der Waals surface area contributed by atoms with Crippen LogP contribution in [0.3, 0.4) is 0 Å². The Balaban J connectivity index is 2.02. The highest BCUT2D eigenvalue weighted by Crippen LogP contribution is 2.51. The first-order chi connectivity index (χ1) is 9.31. The molecule has 2 aliphatic rings. The van der Waals surface area contributed by atoms with E-state index in [1.165, 1.54) is 0 Å². The topological polar surface area (TPSA) is 59.6 Å². The van der Waals surface area contributed by atoms with E-state index in [0.717, 1.165) is 32.4 Å². The average molecular weight is 284 g/mol. The molecule has 0 radical (unpaired) electrons. The summed E-state index contributed by atoms with van der Waals surface area (Å²) in [5.41, 5.74) is -0.904. The number of hydrogen-bond acceptors (Lipinski definition) is 4. The molecule has 2 unspecified atom stereocenters. The third-order valence-corrected chi connectivity index (χ3v) is 5.80. The molecule has 1 aliphatic heterocycles. The normalized spacial score (nSPS) is 35.1. The van der Waals surface area contributed by atoms with Crippen molar-refractivity contribution in [1.82, 2.24) is 10.6 Å². The van der Waals surface area contributed by atoms with Gasteiger partial charge in [0.05, 0.1) is 5.60 Å². The van der Waals surface area contributed by atoms with Crippen LogP contribution in [-0.2, 0) is 14.3 Å². The van der Waals surface area contributed by atoms with Crippen molar-refractivity contribution in [2.24, 2.45) is 5.41 Å². The molecule has 1 amide bonds. The molecule has 5 nitrogen and oxygen atoms in total. The lowest BCUT2D eigenvalue weighted by Gasteiger charge is -2.59. The second-order valence-corrected chi connectivity index (χ2v) is 6.84. The van der Waals surface area contributed by atoms with Gasteiger partial charge in [-0.3, -0.25) is 4.79 Å². The minimum absolute atomic E-state index is 0.0257. The maximum Gasteiger partial charge on any atom is 0.252 e. The van der Waals surface area contributed by atoms with Crippen LogP contribution in [0.1, 0.15) is 40.0 Å². The minimum atomic E-state index is -0.666. The molecule has 2 atom stereocenters. The van der Waals surface area contributed by atoms with Crippen LogP contribution in [0.25, 0.3) is 0 Å². The number of carbonyl (C=O) groups excluding carboxylic acids is 1. The lowest BCUT2D eigenvalue weighted by molar-refractivity contribution is -0.187. The predicted octanol–water partition coefficient (Wildman–Crippen LogP) is 1.07. The van der Waals surface area contributed by atoms with Crippen LogP contribution in [0.4, 0.5) is 0 Å². The van der Waals surface area contributed by atoms with Crippen LogP contribution < -0.4 is 10.6 Å². The van der Waals surface area contributed by atoms with Gasteiger partial charge in [0.15, 0.2) is 0 Å². The molecule has 1 saturated carbocycles. The Kier molecular flexibility index (Phi) is 4.15. The number of piperidine rings is 1. The molecule has 1 saturated heterocycles. The van der Waals surface area contributed by atoms with Crippen LogP contribution in [0, 0.1) is 5.41 Å². The quantitative estimate of drug-likeness (QED) is 0.811. The molecule has 5 heteroatoms. The van der Waals surface area contributed by atoms with Crippen molar-refractivity contribution >= 4 is 5.91 Å². The van der Waals surface area contributed by atoms with Crippen LogP contribution in [0.5, 0.6) is 0 Å². The summed E-state index contributed by atoms with van der Waals surface area (Å²) in [5, 5.41) is 6.45. The van der Waals surface area contributed by atoms with E-state index in [-0.39, 0.29) is 23.0 Å². The van der Waals surface area contributed by atoms with Crippen molar-refractivity contribution in [2.45, 2.75) is 57.3 Å². The van der Waals surface area contributed by atoms with Crippen LogP contribution in [0.2, 0.25) is 0 Å². The van der Waals surface area contributed by atoms with Crippen molar-refractivity contribution in [3.05, 3.63) is 0 Å². The lowest BCUT2D eigenvalue weighted by atomic mass is 9.55. The molecule has 116 valence electrons. The van der Waals surface area contributed by atoms with Crippen molar-refractivity contribution in [3.63, 3.8) is 0 Å². The smallest absolute Gasteiger partial charge is 0.252 e. The maximum absolute atomic E-state index is 12.6. The predicted molar refractivity (Wildman–Crippen MR) is 77.6 cm³/mol. The van der Waals surface area contributed by atoms with E-state index < -0.39 is 5.60 Å². The van der Waals surface area contributed by atoms with Crippen molar-refractivity contribution in [1.29, 1.82) is 0 Å². The van der Waals surface area contributed by atoms with Gasteiger partial charge < -0.3 is 20.1 Å². The summed E-state index contributed by atoms with van der Waals surface area (Å²) in [5.74, 6) is 0.0257. The van der Waals surface area contributed by atoms with Gasteiger partial charge in [0.25, 0.3) is 5.91 Å². The average Bonchev–Trinajstić information content (AvgIpc) is 2.46. The molecule has 0 spiro atoms. The van der Waals surface area contributed by atoms with Gasteiger partial charge in [0.2, 0.25) is 0 Å². The number of carbonyl (C=O) groups is 1. The van der Waals surface area contributed by atoms with Crippen LogP contribution >= 0.6 is 0 Å². The van der Waals surface area contributed by atoms with E-state index in [1.807, 2.05) is 0 Å². The summed E-state index contributed by atoms with van der Waals surface area (Å²) in [7, 11) is 3.37. The summed E-state index contributed by atoms with van der Waals surface area (Å²) in [6.07, 6.45) is 2.30. The number of amides is 1. The van der Waals surface area contributed by atoms with Crippen molar-refractivity contribution < 1.29 is 14.3 Å². The molecule has 2 rings (SSSR count). The fourth-order valence-corrected chi connectivity index (χ4v) is 3.37. The number of hydrogen-bond donors (Lipinski definition) is 2. The Morgan fingerprint density at radius 3 is 2.20 bits per heavy atom. The van der Waals surface area contributed by atoms with Gasteiger partial charge in [-0.2, -0.15) is 0 Å². The van der Waals surface area contributed by atoms with Gasteiger partial charge >= 0.3 is 0 Å². The monoisotopic (exact) mass is 284 g/mol. The summed E-state index contributed by atoms with van der Waals surface area (Å²) >= 11 is 0. The first-order valence-corrected chi connectivity index (χ1v) is 7.43. The van der Waals surface area contributed by atoms with Gasteiger partial charge in [-0.05, 0) is 39.3 Å². The first-order valence-electron chi connectivity index (χ1n) is 7.43. The Morgan fingerprint density at radius 2 is 1.75 bits per heavy atom. The second-order valence-electron chi connectivity index (χ2n) is 6.84. The number of ether oxygens (including phenoxy) is 2. The van der Waals surface area contributed by atoms with Gasteiger partial charge in [0.1, 0.15) is 5.60 Å². The zero-order valence-electron chi connectivity index (χ0n) is 13.3. The molecule has 1 heterocycles. The fraction of sp³-hybridized carbons (Fsp3) is 0.933. The van der Waals surface area contributed by atoms with E-state index in [9.17, 15) is 4.79 Å². The molecule has 2 fully saturated rings. The van der Waals surface area contributed by atoms with Crippen LogP contribution in [-0.4, -0.2) is 50.5 Å². The van der Waals surface area contributed by atoms with E-state index in [2.05, 4.69) is 31.4 Å². The largest absolute Gasteiger partial charge is 0.378 e. The van der Waals surface area contributed by atoms with Crippen LogP contribution in [0.15, 0.2) is 0 Å². The first kappa shape index (κ1) is 15.7. The minimum Gasteiger partial charge on any atom is -0.378 e. The summed E-state index contributed by atoms with van der Waals surface area (Å²) < 4.78 is 11.2. The van der Waals surface area contributed by atoms with Gasteiger partial charge in [-0.1, -0.05) is 13.8 Å². The van der Waals surface area contributed by atoms with Gasteiger partial charge in [-0.25, -0.2) is 0 Å². The van der Waals surface area contributed by atoms with E-state index in [1.54, 1.807) is 14.2 Å².